The van der Waals surface area contributed by atoms with Crippen LogP contribution in [0.5, 0.6) is 11.5 Å². The van der Waals surface area contributed by atoms with E-state index < -0.39 is 18.1 Å². The van der Waals surface area contributed by atoms with Crippen molar-refractivity contribution in [3.8, 4) is 17.6 Å². The number of alkyl halides is 3. The number of carbonyl (C=O) groups is 1. The third-order valence-corrected chi connectivity index (χ3v) is 2.38. The molecule has 21 heavy (non-hydrogen) atoms. The number of esters is 1. The molecule has 1 rings (SSSR count). The quantitative estimate of drug-likeness (QED) is 0.782. The van der Waals surface area contributed by atoms with E-state index in [1.54, 1.807) is 13.0 Å². The van der Waals surface area contributed by atoms with Gasteiger partial charge in [0.2, 0.25) is 0 Å². The molecule has 0 aliphatic heterocycles. The number of hydrogen-bond donors (Lipinski definition) is 0. The minimum atomic E-state index is -4.98. The van der Waals surface area contributed by atoms with Gasteiger partial charge >= 0.3 is 12.3 Å². The number of nitriles is 1. The van der Waals surface area contributed by atoms with Gasteiger partial charge in [0.25, 0.3) is 0 Å². The molecule has 0 fully saturated rings. The first kappa shape index (κ1) is 16.6. The van der Waals surface area contributed by atoms with Crippen LogP contribution in [0.2, 0.25) is 0 Å². The van der Waals surface area contributed by atoms with Crippen LogP contribution in [0, 0.1) is 11.3 Å². The van der Waals surface area contributed by atoms with Gasteiger partial charge in [0.15, 0.2) is 11.5 Å². The minimum absolute atomic E-state index is 0.134. The van der Waals surface area contributed by atoms with Crippen LogP contribution in [-0.2, 0) is 16.0 Å². The van der Waals surface area contributed by atoms with Gasteiger partial charge in [0, 0.05) is 5.56 Å². The van der Waals surface area contributed by atoms with Crippen molar-refractivity contribution in [2.24, 2.45) is 0 Å². The molecule has 8 heteroatoms. The van der Waals surface area contributed by atoms with Crippen molar-refractivity contribution in [3.05, 3.63) is 23.3 Å². The summed E-state index contributed by atoms with van der Waals surface area (Å²) in [5, 5.41) is 8.85. The maximum Gasteiger partial charge on any atom is 0.573 e. The van der Waals surface area contributed by atoms with Crippen molar-refractivity contribution < 1.29 is 32.2 Å². The zero-order valence-electron chi connectivity index (χ0n) is 11.3. The summed E-state index contributed by atoms with van der Waals surface area (Å²) >= 11 is 0. The van der Waals surface area contributed by atoms with Gasteiger partial charge < -0.3 is 14.2 Å². The Labute approximate surface area is 118 Å². The molecule has 1 aromatic rings. The van der Waals surface area contributed by atoms with Crippen LogP contribution in [0.25, 0.3) is 0 Å². The summed E-state index contributed by atoms with van der Waals surface area (Å²) in [6.45, 7) is 1.75. The third kappa shape index (κ3) is 4.56. The monoisotopic (exact) mass is 303 g/mol. The second-order valence-corrected chi connectivity index (χ2v) is 3.78. The van der Waals surface area contributed by atoms with Crippen LogP contribution in [-0.4, -0.2) is 26.0 Å². The highest BCUT2D eigenvalue weighted by Crippen LogP contribution is 2.38. The van der Waals surface area contributed by atoms with Crippen molar-refractivity contribution in [3.63, 3.8) is 0 Å². The largest absolute Gasteiger partial charge is 0.573 e. The number of carbonyl (C=O) groups excluding carboxylic acids is 1. The third-order valence-electron chi connectivity index (χ3n) is 2.38. The molecule has 0 aliphatic rings. The van der Waals surface area contributed by atoms with Gasteiger partial charge in [-0.25, -0.2) is 0 Å². The molecular weight excluding hydrogens is 291 g/mol. The lowest BCUT2D eigenvalue weighted by Gasteiger charge is -2.16. The van der Waals surface area contributed by atoms with E-state index in [0.717, 1.165) is 13.2 Å². The van der Waals surface area contributed by atoms with E-state index in [0.29, 0.717) is 0 Å². The van der Waals surface area contributed by atoms with Crippen LogP contribution in [0.4, 0.5) is 13.2 Å². The topological polar surface area (TPSA) is 68.6 Å². The zero-order chi connectivity index (χ0) is 16.0. The van der Waals surface area contributed by atoms with Crippen molar-refractivity contribution in [2.75, 3.05) is 13.7 Å². The molecular formula is C13H12F3NO4. The van der Waals surface area contributed by atoms with Crippen LogP contribution < -0.4 is 9.47 Å². The number of hydrogen-bond acceptors (Lipinski definition) is 5. The molecule has 0 heterocycles. The highest BCUT2D eigenvalue weighted by molar-refractivity contribution is 5.75. The second-order valence-electron chi connectivity index (χ2n) is 3.78. The predicted octanol–water partition coefficient (Wildman–Crippen LogP) is 2.57. The van der Waals surface area contributed by atoms with Crippen LogP contribution in [0.15, 0.2) is 12.1 Å². The molecule has 0 bridgehead atoms. The lowest BCUT2D eigenvalue weighted by atomic mass is 10.1. The Balaban J connectivity index is 3.26. The molecule has 0 aromatic heterocycles. The summed E-state index contributed by atoms with van der Waals surface area (Å²) in [6.07, 6.45) is -5.28. The SMILES string of the molecule is CCOC(=O)Cc1ccc(C#N)c(OC(F)(F)F)c1OC. The summed E-state index contributed by atoms with van der Waals surface area (Å²) in [5.41, 5.74) is -0.217. The van der Waals surface area contributed by atoms with Crippen molar-refractivity contribution in [1.29, 1.82) is 5.26 Å². The Hall–Kier alpha value is -2.43. The van der Waals surface area contributed by atoms with E-state index in [1.165, 1.54) is 6.07 Å². The van der Waals surface area contributed by atoms with E-state index in [9.17, 15) is 18.0 Å². The molecule has 5 nitrogen and oxygen atoms in total. The molecule has 0 amide bonds. The highest BCUT2D eigenvalue weighted by Gasteiger charge is 2.34. The molecule has 0 radical (unpaired) electrons. The van der Waals surface area contributed by atoms with Gasteiger partial charge in [-0.2, -0.15) is 5.26 Å². The molecule has 0 N–H and O–H groups in total. The fourth-order valence-corrected chi connectivity index (χ4v) is 1.64. The Bertz CT molecular complexity index is 564. The van der Waals surface area contributed by atoms with Gasteiger partial charge in [0.05, 0.1) is 25.7 Å². The van der Waals surface area contributed by atoms with E-state index >= 15 is 0 Å². The van der Waals surface area contributed by atoms with Crippen molar-refractivity contribution >= 4 is 5.97 Å². The molecule has 0 saturated carbocycles. The molecule has 0 unspecified atom stereocenters. The standard InChI is InChI=1S/C13H12F3NO4/c1-3-20-10(18)6-8-4-5-9(7-17)12(11(8)19-2)21-13(14,15)16/h4-5H,3,6H2,1-2H3. The summed E-state index contributed by atoms with van der Waals surface area (Å²) in [4.78, 5) is 11.4. The highest BCUT2D eigenvalue weighted by atomic mass is 19.4. The average molecular weight is 303 g/mol. The fraction of sp³-hybridized carbons (Fsp3) is 0.385. The van der Waals surface area contributed by atoms with Crippen LogP contribution >= 0.6 is 0 Å². The first-order chi connectivity index (χ1) is 9.82. The first-order valence-electron chi connectivity index (χ1n) is 5.83. The van der Waals surface area contributed by atoms with Crippen molar-refractivity contribution in [2.45, 2.75) is 19.7 Å². The van der Waals surface area contributed by atoms with Gasteiger partial charge in [-0.3, -0.25) is 4.79 Å². The Morgan fingerprint density at radius 1 is 1.33 bits per heavy atom. The summed E-state index contributed by atoms with van der Waals surface area (Å²) < 4.78 is 50.6. The molecule has 0 aliphatic carbocycles. The Morgan fingerprint density at radius 3 is 2.48 bits per heavy atom. The molecule has 1 aromatic carbocycles. The maximum absolute atomic E-state index is 12.4. The lowest BCUT2D eigenvalue weighted by Crippen LogP contribution is -2.19. The lowest BCUT2D eigenvalue weighted by molar-refractivity contribution is -0.275. The van der Waals surface area contributed by atoms with Crippen LogP contribution in [0.1, 0.15) is 18.1 Å². The minimum Gasteiger partial charge on any atom is -0.493 e. The summed E-state index contributed by atoms with van der Waals surface area (Å²) in [5.74, 6) is -1.72. The molecule has 0 saturated heterocycles. The predicted molar refractivity (Wildman–Crippen MR) is 64.7 cm³/mol. The number of benzene rings is 1. The second kappa shape index (κ2) is 6.83. The van der Waals surface area contributed by atoms with Gasteiger partial charge in [-0.05, 0) is 13.0 Å². The Morgan fingerprint density at radius 2 is 2.00 bits per heavy atom. The number of halogens is 3. The maximum atomic E-state index is 12.4. The van der Waals surface area contributed by atoms with Crippen LogP contribution in [0.3, 0.4) is 0 Å². The number of ether oxygens (including phenoxy) is 3. The van der Waals surface area contributed by atoms with E-state index in [4.69, 9.17) is 14.7 Å². The number of rotatable bonds is 5. The number of methoxy groups -OCH3 is 1. The zero-order valence-corrected chi connectivity index (χ0v) is 11.3. The van der Waals surface area contributed by atoms with Gasteiger partial charge in [0.1, 0.15) is 6.07 Å². The average Bonchev–Trinajstić information content (AvgIpc) is 2.37. The van der Waals surface area contributed by atoms with Gasteiger partial charge in [-0.1, -0.05) is 6.07 Å². The van der Waals surface area contributed by atoms with Gasteiger partial charge in [-0.15, -0.1) is 13.2 Å². The smallest absolute Gasteiger partial charge is 0.493 e. The Kier molecular flexibility index (Phi) is 5.41. The molecule has 114 valence electrons. The number of nitrogens with zero attached hydrogens (tertiary/aromatic N) is 1. The molecule has 0 atom stereocenters. The van der Waals surface area contributed by atoms with E-state index in [2.05, 4.69) is 4.74 Å². The van der Waals surface area contributed by atoms with E-state index in [-0.39, 0.29) is 29.9 Å². The fourth-order valence-electron chi connectivity index (χ4n) is 1.64. The first-order valence-corrected chi connectivity index (χ1v) is 5.83. The summed E-state index contributed by atoms with van der Waals surface area (Å²) in [6, 6.07) is 4.02. The summed E-state index contributed by atoms with van der Waals surface area (Å²) in [7, 11) is 1.12. The normalized spacial score (nSPS) is 10.7. The van der Waals surface area contributed by atoms with Crippen molar-refractivity contribution in [1.82, 2.24) is 0 Å². The molecule has 0 spiro atoms. The van der Waals surface area contributed by atoms with E-state index in [1.807, 2.05) is 0 Å².